The fraction of sp³-hybridized carbons (Fsp3) is 0.611. The van der Waals surface area contributed by atoms with E-state index in [9.17, 15) is 4.79 Å². The fourth-order valence-corrected chi connectivity index (χ4v) is 3.98. The molecule has 2 fully saturated rings. The van der Waals surface area contributed by atoms with Crippen LogP contribution < -0.4 is 14.8 Å². The van der Waals surface area contributed by atoms with Crippen LogP contribution in [0.4, 0.5) is 5.69 Å². The molecule has 0 aromatic heterocycles. The first-order valence-corrected chi connectivity index (χ1v) is 9.34. The van der Waals surface area contributed by atoms with Crippen LogP contribution >= 0.6 is 11.6 Å². The first-order valence-electron chi connectivity index (χ1n) is 8.96. The number of ether oxygens (including phenoxy) is 3. The van der Waals surface area contributed by atoms with E-state index in [0.717, 1.165) is 51.1 Å². The van der Waals surface area contributed by atoms with Crippen molar-refractivity contribution in [3.63, 3.8) is 0 Å². The van der Waals surface area contributed by atoms with Crippen molar-refractivity contribution in [1.29, 1.82) is 0 Å². The van der Waals surface area contributed by atoms with Crippen LogP contribution in [0.2, 0.25) is 5.02 Å². The quantitative estimate of drug-likeness (QED) is 0.891. The summed E-state index contributed by atoms with van der Waals surface area (Å²) in [4.78, 5) is 14.8. The van der Waals surface area contributed by atoms with Gasteiger partial charge in [0.15, 0.2) is 11.5 Å². The topological polar surface area (TPSA) is 60.0 Å². The number of nitrogens with zero attached hydrogens (tertiary/aromatic N) is 1. The van der Waals surface area contributed by atoms with Gasteiger partial charge < -0.3 is 24.4 Å². The van der Waals surface area contributed by atoms with Crippen LogP contribution in [0.1, 0.15) is 25.7 Å². The Morgan fingerprint density at radius 2 is 1.88 bits per heavy atom. The number of nitrogens with one attached hydrogen (secondary N) is 1. The Labute approximate surface area is 152 Å². The van der Waals surface area contributed by atoms with Gasteiger partial charge in [0.2, 0.25) is 5.91 Å². The Morgan fingerprint density at radius 1 is 1.08 bits per heavy atom. The molecular formula is C18H23ClN2O4. The van der Waals surface area contributed by atoms with E-state index in [2.05, 4.69) is 5.32 Å². The Bertz CT molecular complexity index is 648. The molecular weight excluding hydrogens is 344 g/mol. The molecule has 1 N–H and O–H groups in total. The third kappa shape index (κ3) is 3.51. The molecule has 1 amide bonds. The van der Waals surface area contributed by atoms with Crippen LogP contribution in [0.3, 0.4) is 0 Å². The first kappa shape index (κ1) is 16.8. The van der Waals surface area contributed by atoms with Gasteiger partial charge in [-0.25, -0.2) is 0 Å². The lowest BCUT2D eigenvalue weighted by Gasteiger charge is -2.31. The van der Waals surface area contributed by atoms with Gasteiger partial charge in [-0.15, -0.1) is 0 Å². The molecule has 25 heavy (non-hydrogen) atoms. The van der Waals surface area contributed by atoms with Gasteiger partial charge in [0.1, 0.15) is 6.04 Å². The largest absolute Gasteiger partial charge is 0.489 e. The zero-order valence-corrected chi connectivity index (χ0v) is 14.9. The molecule has 3 aliphatic rings. The summed E-state index contributed by atoms with van der Waals surface area (Å²) in [5.74, 6) is 1.39. The molecule has 1 unspecified atom stereocenters. The van der Waals surface area contributed by atoms with Crippen molar-refractivity contribution < 1.29 is 19.0 Å². The van der Waals surface area contributed by atoms with E-state index in [1.165, 1.54) is 0 Å². The minimum atomic E-state index is -0.219. The highest BCUT2D eigenvalue weighted by atomic mass is 35.5. The molecule has 1 aromatic rings. The lowest BCUT2D eigenvalue weighted by atomic mass is 10.1. The van der Waals surface area contributed by atoms with Crippen LogP contribution in [0, 0.1) is 0 Å². The van der Waals surface area contributed by atoms with Gasteiger partial charge in [-0.05, 0) is 25.3 Å². The highest BCUT2D eigenvalue weighted by molar-refractivity contribution is 6.32. The van der Waals surface area contributed by atoms with E-state index in [1.54, 1.807) is 6.07 Å². The predicted octanol–water partition coefficient (Wildman–Crippen LogP) is 2.69. The Kier molecular flexibility index (Phi) is 4.90. The molecule has 0 saturated carbocycles. The number of carbonyl (C=O) groups is 1. The number of fused-ring (bicyclic) bond motifs is 1. The summed E-state index contributed by atoms with van der Waals surface area (Å²) in [6.07, 6.45) is 3.47. The van der Waals surface area contributed by atoms with Gasteiger partial charge in [0.25, 0.3) is 0 Å². The number of anilines is 1. The lowest BCUT2D eigenvalue weighted by molar-refractivity contribution is -0.131. The van der Waals surface area contributed by atoms with Gasteiger partial charge in [0.05, 0.1) is 18.2 Å². The predicted molar refractivity (Wildman–Crippen MR) is 94.6 cm³/mol. The van der Waals surface area contributed by atoms with E-state index in [-0.39, 0.29) is 11.9 Å². The number of carbonyl (C=O) groups excluding carboxylic acids is 1. The van der Waals surface area contributed by atoms with Gasteiger partial charge in [0, 0.05) is 44.0 Å². The standard InChI is InChI=1S/C18H23ClN2O4/c19-14-10-12(11-16-17(14)25-7-1-6-24-16)20-15-2-5-21(18(15)22)13-3-8-23-9-4-13/h10-11,13,15,20H,1-9H2. The maximum absolute atomic E-state index is 12.8. The first-order chi connectivity index (χ1) is 12.2. The SMILES string of the molecule is O=C1C(Nc2cc(Cl)c3c(c2)OCCCO3)CCN1C1CCOCC1. The summed E-state index contributed by atoms with van der Waals surface area (Å²) in [6.45, 7) is 3.47. The van der Waals surface area contributed by atoms with Gasteiger partial charge in [-0.1, -0.05) is 11.6 Å². The molecule has 6 nitrogen and oxygen atoms in total. The summed E-state index contributed by atoms with van der Waals surface area (Å²) < 4.78 is 16.8. The van der Waals surface area contributed by atoms with E-state index in [1.807, 2.05) is 11.0 Å². The van der Waals surface area contributed by atoms with Crippen molar-refractivity contribution in [3.8, 4) is 11.5 Å². The minimum absolute atomic E-state index is 0.162. The number of hydrogen-bond acceptors (Lipinski definition) is 5. The zero-order chi connectivity index (χ0) is 17.2. The molecule has 136 valence electrons. The van der Waals surface area contributed by atoms with Gasteiger partial charge in [-0.2, -0.15) is 0 Å². The second-order valence-electron chi connectivity index (χ2n) is 6.70. The van der Waals surface area contributed by atoms with Crippen molar-refractivity contribution in [2.24, 2.45) is 0 Å². The maximum Gasteiger partial charge on any atom is 0.245 e. The lowest BCUT2D eigenvalue weighted by Crippen LogP contribution is -2.43. The molecule has 0 spiro atoms. The number of likely N-dealkylation sites (tertiary alicyclic amines) is 1. The number of halogens is 1. The Morgan fingerprint density at radius 3 is 2.72 bits per heavy atom. The second-order valence-corrected chi connectivity index (χ2v) is 7.10. The van der Waals surface area contributed by atoms with E-state index < -0.39 is 0 Å². The highest BCUT2D eigenvalue weighted by Gasteiger charge is 2.36. The molecule has 1 aromatic carbocycles. The van der Waals surface area contributed by atoms with Crippen molar-refractivity contribution in [3.05, 3.63) is 17.2 Å². The van der Waals surface area contributed by atoms with E-state index in [0.29, 0.717) is 35.8 Å². The average molecular weight is 367 g/mol. The van der Waals surface area contributed by atoms with Crippen molar-refractivity contribution in [1.82, 2.24) is 4.90 Å². The minimum Gasteiger partial charge on any atom is -0.489 e. The summed E-state index contributed by atoms with van der Waals surface area (Å²) in [7, 11) is 0. The van der Waals surface area contributed by atoms with E-state index >= 15 is 0 Å². The smallest absolute Gasteiger partial charge is 0.245 e. The number of amides is 1. The molecule has 0 aliphatic carbocycles. The molecule has 3 heterocycles. The normalized spacial score (nSPS) is 24.3. The van der Waals surface area contributed by atoms with Crippen LogP contribution in [0.25, 0.3) is 0 Å². The third-order valence-electron chi connectivity index (χ3n) is 5.01. The summed E-state index contributed by atoms with van der Waals surface area (Å²) in [5, 5.41) is 3.84. The van der Waals surface area contributed by atoms with Gasteiger partial charge in [-0.3, -0.25) is 4.79 Å². The number of benzene rings is 1. The highest BCUT2D eigenvalue weighted by Crippen LogP contribution is 2.40. The molecule has 7 heteroatoms. The van der Waals surface area contributed by atoms with E-state index in [4.69, 9.17) is 25.8 Å². The Hall–Kier alpha value is -1.66. The van der Waals surface area contributed by atoms with Crippen LogP contribution in [-0.4, -0.2) is 55.9 Å². The summed E-state index contributed by atoms with van der Waals surface area (Å²) in [6, 6.07) is 3.76. The number of hydrogen-bond donors (Lipinski definition) is 1. The Balaban J connectivity index is 1.46. The molecule has 4 rings (SSSR count). The maximum atomic E-state index is 12.8. The molecule has 0 bridgehead atoms. The average Bonchev–Trinajstić information content (AvgIpc) is 2.83. The van der Waals surface area contributed by atoms with Crippen molar-refractivity contribution in [2.45, 2.75) is 37.8 Å². The molecule has 3 aliphatic heterocycles. The molecule has 0 radical (unpaired) electrons. The van der Waals surface area contributed by atoms with Crippen LogP contribution in [0.5, 0.6) is 11.5 Å². The van der Waals surface area contributed by atoms with Gasteiger partial charge >= 0.3 is 0 Å². The molecule has 1 atom stereocenters. The number of rotatable bonds is 3. The summed E-state index contributed by atoms with van der Waals surface area (Å²) >= 11 is 6.34. The van der Waals surface area contributed by atoms with Crippen LogP contribution in [-0.2, 0) is 9.53 Å². The van der Waals surface area contributed by atoms with Crippen molar-refractivity contribution in [2.75, 3.05) is 38.3 Å². The third-order valence-corrected chi connectivity index (χ3v) is 5.30. The monoisotopic (exact) mass is 366 g/mol. The second kappa shape index (κ2) is 7.30. The molecule has 2 saturated heterocycles. The van der Waals surface area contributed by atoms with Crippen LogP contribution in [0.15, 0.2) is 12.1 Å². The zero-order valence-electron chi connectivity index (χ0n) is 14.1. The summed E-state index contributed by atoms with van der Waals surface area (Å²) in [5.41, 5.74) is 0.793. The van der Waals surface area contributed by atoms with Crippen molar-refractivity contribution >= 4 is 23.2 Å². The fourth-order valence-electron chi connectivity index (χ4n) is 3.71.